The smallest absolute Gasteiger partial charge is 0.191 e. The number of thiophene rings is 1. The van der Waals surface area contributed by atoms with Crippen molar-refractivity contribution >= 4 is 21.2 Å². The molecule has 0 aliphatic rings. The number of hydrogen-bond acceptors (Lipinski definition) is 4. The molecule has 1 aromatic heterocycles. The molecule has 0 aliphatic carbocycles. The summed E-state index contributed by atoms with van der Waals surface area (Å²) in [7, 11) is -1.86. The number of sulfone groups is 1. The lowest BCUT2D eigenvalue weighted by atomic mass is 10.3. The number of rotatable bonds is 5. The Bertz CT molecular complexity index is 618. The highest BCUT2D eigenvalue weighted by molar-refractivity contribution is 7.91. The van der Waals surface area contributed by atoms with E-state index in [1.54, 1.807) is 31.4 Å². The Kier molecular flexibility index (Phi) is 4.24. The summed E-state index contributed by atoms with van der Waals surface area (Å²) in [6, 6.07) is 10.1. The first-order valence-electron chi connectivity index (χ1n) is 5.80. The zero-order chi connectivity index (χ0) is 13.9. The van der Waals surface area contributed by atoms with E-state index >= 15 is 0 Å². The van der Waals surface area contributed by atoms with Gasteiger partial charge in [0.05, 0.1) is 18.6 Å². The molecule has 4 nitrogen and oxygen atoms in total. The van der Waals surface area contributed by atoms with Crippen LogP contribution in [-0.2, 0) is 9.84 Å². The molecule has 102 valence electrons. The molecule has 19 heavy (non-hydrogen) atoms. The molecule has 6 heteroatoms. The van der Waals surface area contributed by atoms with Gasteiger partial charge in [0.2, 0.25) is 0 Å². The average Bonchev–Trinajstić information content (AvgIpc) is 2.93. The first-order chi connectivity index (χ1) is 9.09. The van der Waals surface area contributed by atoms with Crippen LogP contribution in [0.4, 0.5) is 0 Å². The normalized spacial score (nSPS) is 13.2. The molecule has 2 rings (SSSR count). The molecule has 1 heterocycles. The number of ether oxygens (including phenoxy) is 1. The van der Waals surface area contributed by atoms with Crippen LogP contribution in [0.25, 0.3) is 0 Å². The number of methoxy groups -OCH3 is 1. The highest BCUT2D eigenvalue weighted by atomic mass is 32.2. The van der Waals surface area contributed by atoms with Gasteiger partial charge in [0.1, 0.15) is 11.0 Å². The summed E-state index contributed by atoms with van der Waals surface area (Å²) in [5.74, 6) is 0.640. The van der Waals surface area contributed by atoms with Gasteiger partial charge >= 0.3 is 0 Å². The van der Waals surface area contributed by atoms with Crippen molar-refractivity contribution in [2.75, 3.05) is 13.7 Å². The third kappa shape index (κ3) is 2.80. The molecule has 0 spiro atoms. The van der Waals surface area contributed by atoms with Crippen molar-refractivity contribution < 1.29 is 18.9 Å². The molecule has 3 N–H and O–H groups in total. The second kappa shape index (κ2) is 5.73. The Morgan fingerprint density at radius 3 is 2.42 bits per heavy atom. The van der Waals surface area contributed by atoms with E-state index in [4.69, 9.17) is 4.74 Å². The molecule has 1 atom stereocenters. The summed E-state index contributed by atoms with van der Waals surface area (Å²) >= 11 is 1.44. The number of hydrogen-bond donors (Lipinski definition) is 1. The van der Waals surface area contributed by atoms with E-state index in [9.17, 15) is 8.42 Å². The summed E-state index contributed by atoms with van der Waals surface area (Å²) in [5, 5.41) is 1.29. The topological polar surface area (TPSA) is 71.0 Å². The fraction of sp³-hybridized carbons (Fsp3) is 0.231. The molecule has 0 aliphatic heterocycles. The largest absolute Gasteiger partial charge is 0.497 e. The monoisotopic (exact) mass is 298 g/mol. The van der Waals surface area contributed by atoms with Gasteiger partial charge in [-0.1, -0.05) is 6.07 Å². The van der Waals surface area contributed by atoms with Crippen molar-refractivity contribution in [2.45, 2.75) is 10.1 Å². The standard InChI is InChI=1S/C13H15NO3S2/c1-17-10-4-6-11(7-5-10)19(15,16)13(9-14)12-3-2-8-18-12/h2-8,13H,9,14H2,1H3/p+1/t13-/m1/s1. The van der Waals surface area contributed by atoms with Gasteiger partial charge in [0.15, 0.2) is 9.84 Å². The fourth-order valence-corrected chi connectivity index (χ4v) is 4.68. The third-order valence-corrected chi connectivity index (χ3v) is 6.19. The van der Waals surface area contributed by atoms with Crippen LogP contribution in [0.3, 0.4) is 0 Å². The van der Waals surface area contributed by atoms with Crippen molar-refractivity contribution in [1.29, 1.82) is 0 Å². The van der Waals surface area contributed by atoms with Crippen LogP contribution in [0.5, 0.6) is 5.75 Å². The fourth-order valence-electron chi connectivity index (χ4n) is 1.85. The first-order valence-corrected chi connectivity index (χ1v) is 8.22. The Morgan fingerprint density at radius 2 is 1.95 bits per heavy atom. The van der Waals surface area contributed by atoms with Gasteiger partial charge in [-0.2, -0.15) is 0 Å². The van der Waals surface area contributed by atoms with Crippen molar-refractivity contribution in [2.24, 2.45) is 0 Å². The highest BCUT2D eigenvalue weighted by Gasteiger charge is 2.30. The van der Waals surface area contributed by atoms with Gasteiger partial charge in [-0.25, -0.2) is 8.42 Å². The molecule has 2 aromatic rings. The number of quaternary nitrogens is 1. The van der Waals surface area contributed by atoms with Crippen LogP contribution in [0.15, 0.2) is 46.7 Å². The van der Waals surface area contributed by atoms with Crippen LogP contribution in [-0.4, -0.2) is 22.1 Å². The Labute approximate surface area is 116 Å². The van der Waals surface area contributed by atoms with Crippen molar-refractivity contribution in [1.82, 2.24) is 0 Å². The quantitative estimate of drug-likeness (QED) is 0.909. The molecule has 0 fully saturated rings. The molecule has 0 saturated heterocycles. The van der Waals surface area contributed by atoms with Crippen LogP contribution in [0.1, 0.15) is 10.1 Å². The van der Waals surface area contributed by atoms with Gasteiger partial charge in [0, 0.05) is 4.88 Å². The minimum Gasteiger partial charge on any atom is -0.497 e. The molecule has 1 aromatic carbocycles. The minimum atomic E-state index is -3.41. The van der Waals surface area contributed by atoms with Crippen molar-refractivity contribution in [3.8, 4) is 5.75 Å². The molecule has 0 unspecified atom stereocenters. The minimum absolute atomic E-state index is 0.301. The summed E-state index contributed by atoms with van der Waals surface area (Å²) in [6.07, 6.45) is 0. The molecule has 0 amide bonds. The maximum atomic E-state index is 12.6. The third-order valence-electron chi connectivity index (χ3n) is 2.89. The molecule has 0 saturated carbocycles. The summed E-state index contributed by atoms with van der Waals surface area (Å²) in [4.78, 5) is 1.13. The van der Waals surface area contributed by atoms with E-state index in [2.05, 4.69) is 5.73 Å². The Hall–Kier alpha value is -1.37. The van der Waals surface area contributed by atoms with Crippen molar-refractivity contribution in [3.63, 3.8) is 0 Å². The average molecular weight is 298 g/mol. The lowest BCUT2D eigenvalue weighted by molar-refractivity contribution is -0.367. The van der Waals surface area contributed by atoms with Crippen LogP contribution >= 0.6 is 11.3 Å². The number of benzene rings is 1. The van der Waals surface area contributed by atoms with Gasteiger partial charge in [-0.05, 0) is 35.7 Å². The summed E-state index contributed by atoms with van der Waals surface area (Å²) in [6.45, 7) is 0.314. The zero-order valence-corrected chi connectivity index (χ0v) is 12.2. The first kappa shape index (κ1) is 14.0. The van der Waals surface area contributed by atoms with E-state index < -0.39 is 15.1 Å². The molecule has 0 radical (unpaired) electrons. The summed E-state index contributed by atoms with van der Waals surface area (Å²) in [5.41, 5.74) is 3.77. The highest BCUT2D eigenvalue weighted by Crippen LogP contribution is 2.31. The lowest BCUT2D eigenvalue weighted by Crippen LogP contribution is -2.54. The van der Waals surface area contributed by atoms with Crippen LogP contribution in [0, 0.1) is 0 Å². The van der Waals surface area contributed by atoms with Gasteiger partial charge in [0.25, 0.3) is 0 Å². The second-order valence-electron chi connectivity index (χ2n) is 4.01. The van der Waals surface area contributed by atoms with Gasteiger partial charge in [-0.3, -0.25) is 0 Å². The van der Waals surface area contributed by atoms with Crippen LogP contribution in [0.2, 0.25) is 0 Å². The molecular formula is C13H16NO3S2+. The van der Waals surface area contributed by atoms with E-state index in [0.717, 1.165) is 4.88 Å². The molecular weight excluding hydrogens is 282 g/mol. The van der Waals surface area contributed by atoms with E-state index in [1.165, 1.54) is 11.3 Å². The van der Waals surface area contributed by atoms with Gasteiger partial charge < -0.3 is 10.5 Å². The van der Waals surface area contributed by atoms with E-state index in [-0.39, 0.29) is 0 Å². The lowest BCUT2D eigenvalue weighted by Gasteiger charge is -2.13. The maximum Gasteiger partial charge on any atom is 0.191 e. The van der Waals surface area contributed by atoms with Crippen LogP contribution < -0.4 is 10.5 Å². The van der Waals surface area contributed by atoms with E-state index in [0.29, 0.717) is 17.2 Å². The Balaban J connectivity index is 2.39. The maximum absolute atomic E-state index is 12.6. The second-order valence-corrected chi connectivity index (χ2v) is 7.12. The van der Waals surface area contributed by atoms with Gasteiger partial charge in [-0.15, -0.1) is 11.3 Å². The summed E-state index contributed by atoms with van der Waals surface area (Å²) < 4.78 is 30.2. The zero-order valence-electron chi connectivity index (χ0n) is 10.6. The SMILES string of the molecule is COc1ccc(S(=O)(=O)[C@H](C[NH3+])c2cccs2)cc1. The van der Waals surface area contributed by atoms with Crippen molar-refractivity contribution in [3.05, 3.63) is 46.7 Å². The molecule has 0 bridgehead atoms. The predicted molar refractivity (Wildman–Crippen MR) is 75.0 cm³/mol. The predicted octanol–water partition coefficient (Wildman–Crippen LogP) is 1.51. The Morgan fingerprint density at radius 1 is 1.26 bits per heavy atom. The van der Waals surface area contributed by atoms with E-state index in [1.807, 2.05) is 17.5 Å².